The molecule has 6 rings (SSSR count). The van der Waals surface area contributed by atoms with Crippen molar-refractivity contribution >= 4 is 21.7 Å². The molecule has 178 valence electrons. The Balaban J connectivity index is 1.24. The minimum Gasteiger partial charge on any atom is -0.348 e. The number of rotatable bonds is 6. The Hall–Kier alpha value is -3.20. The smallest absolute Gasteiger partial charge is 0.261 e. The second kappa shape index (κ2) is 7.94. The zero-order valence-electron chi connectivity index (χ0n) is 19.0. The fourth-order valence-corrected chi connectivity index (χ4v) is 6.86. The molecule has 3 aliphatic carbocycles. The molecule has 0 spiro atoms. The van der Waals surface area contributed by atoms with Crippen LogP contribution in [-0.4, -0.2) is 43.2 Å². The highest BCUT2D eigenvalue weighted by Crippen LogP contribution is 2.73. The Kier molecular flexibility index (Phi) is 5.27. The van der Waals surface area contributed by atoms with Gasteiger partial charge in [-0.2, -0.15) is 0 Å². The lowest BCUT2D eigenvalue weighted by Gasteiger charge is -2.69. The number of fused-ring (bicyclic) bond motifs is 1. The van der Waals surface area contributed by atoms with Crippen molar-refractivity contribution in [1.29, 1.82) is 0 Å². The van der Waals surface area contributed by atoms with Gasteiger partial charge < -0.3 is 15.2 Å². The van der Waals surface area contributed by atoms with Crippen LogP contribution in [0, 0.1) is 10.8 Å². The van der Waals surface area contributed by atoms with Crippen LogP contribution < -0.4 is 10.9 Å². The monoisotopic (exact) mass is 481 g/mol. The number of sulfone groups is 1. The largest absolute Gasteiger partial charge is 0.348 e. The second-order valence-corrected chi connectivity index (χ2v) is 11.9. The van der Waals surface area contributed by atoms with Gasteiger partial charge in [0.25, 0.3) is 11.5 Å². The Morgan fingerprint density at radius 1 is 1.18 bits per heavy atom. The van der Waals surface area contributed by atoms with Gasteiger partial charge in [-0.15, -0.1) is 0 Å². The molecule has 1 aromatic carbocycles. The highest BCUT2D eigenvalue weighted by molar-refractivity contribution is 7.94. The number of H-pyrrole nitrogens is 1. The van der Waals surface area contributed by atoms with Crippen molar-refractivity contribution in [3.8, 4) is 0 Å². The molecule has 34 heavy (non-hydrogen) atoms. The van der Waals surface area contributed by atoms with Gasteiger partial charge in [0.1, 0.15) is 5.56 Å². The van der Waals surface area contributed by atoms with Gasteiger partial charge in [-0.25, -0.2) is 8.42 Å². The van der Waals surface area contributed by atoms with Gasteiger partial charge in [0.2, 0.25) is 5.91 Å². The first-order chi connectivity index (χ1) is 16.1. The molecule has 1 aromatic heterocycles. The van der Waals surface area contributed by atoms with Crippen LogP contribution in [0.2, 0.25) is 0 Å². The van der Waals surface area contributed by atoms with Crippen molar-refractivity contribution in [2.24, 2.45) is 10.8 Å². The molecule has 9 heteroatoms. The number of carbonyl (C=O) groups is 2. The molecule has 2 aromatic rings. The minimum atomic E-state index is -3.60. The molecule has 0 atom stereocenters. The standard InChI is InChI=1S/C25H27N3O5S/c1-24-14-25(15-24,16-24)23(31)28-10-8-20-17(13-28)12-19(22(30)27-20)21(29)26-9-5-11-34(32,33)18-6-3-2-4-7-18/h2-7,11-12H,8-10,13-16H2,1H3,(H,26,29)(H,27,30)/b11-5+. The SMILES string of the molecule is CC12CC(C(=O)N3CCc4[nH]c(=O)c(C(=O)NC/C=C/S(=O)(=O)c5ccccc5)cc4C3)(C1)C2. The summed E-state index contributed by atoms with van der Waals surface area (Å²) in [5.74, 6) is -0.412. The van der Waals surface area contributed by atoms with E-state index < -0.39 is 21.3 Å². The van der Waals surface area contributed by atoms with E-state index in [1.54, 1.807) is 24.3 Å². The molecule has 0 radical (unpaired) electrons. The summed E-state index contributed by atoms with van der Waals surface area (Å²) in [4.78, 5) is 42.9. The summed E-state index contributed by atoms with van der Waals surface area (Å²) >= 11 is 0. The highest BCUT2D eigenvalue weighted by Gasteiger charge is 2.69. The lowest BCUT2D eigenvalue weighted by molar-refractivity contribution is -0.210. The number of aromatic nitrogens is 1. The highest BCUT2D eigenvalue weighted by atomic mass is 32.2. The van der Waals surface area contributed by atoms with Crippen LogP contribution >= 0.6 is 0 Å². The average molecular weight is 482 g/mol. The lowest BCUT2D eigenvalue weighted by atomic mass is 9.35. The summed E-state index contributed by atoms with van der Waals surface area (Å²) in [5, 5.41) is 3.60. The molecule has 0 unspecified atom stereocenters. The first kappa shape index (κ1) is 22.6. The topological polar surface area (TPSA) is 116 Å². The Morgan fingerprint density at radius 3 is 2.56 bits per heavy atom. The predicted octanol–water partition coefficient (Wildman–Crippen LogP) is 2.17. The van der Waals surface area contributed by atoms with Crippen LogP contribution in [0.1, 0.15) is 47.8 Å². The minimum absolute atomic E-state index is 0.0483. The van der Waals surface area contributed by atoms with Crippen LogP contribution in [0.5, 0.6) is 0 Å². The summed E-state index contributed by atoms with van der Waals surface area (Å²) in [6.45, 7) is 3.11. The number of nitrogens with one attached hydrogen (secondary N) is 2. The molecule has 2 heterocycles. The third-order valence-electron chi connectivity index (χ3n) is 7.22. The molecule has 3 saturated carbocycles. The van der Waals surface area contributed by atoms with E-state index in [1.165, 1.54) is 18.2 Å². The van der Waals surface area contributed by atoms with E-state index in [1.807, 2.05) is 4.90 Å². The fourth-order valence-electron chi connectivity index (χ4n) is 5.82. The fraction of sp³-hybridized carbons (Fsp3) is 0.400. The van der Waals surface area contributed by atoms with Gasteiger partial charge in [-0.3, -0.25) is 14.4 Å². The van der Waals surface area contributed by atoms with Crippen molar-refractivity contribution in [3.05, 3.63) is 75.1 Å². The van der Waals surface area contributed by atoms with E-state index in [-0.39, 0.29) is 28.3 Å². The van der Waals surface area contributed by atoms with Crippen LogP contribution in [0.15, 0.2) is 57.6 Å². The van der Waals surface area contributed by atoms with Gasteiger partial charge in [0.05, 0.1) is 10.3 Å². The Morgan fingerprint density at radius 2 is 1.88 bits per heavy atom. The third kappa shape index (κ3) is 3.87. The summed E-state index contributed by atoms with van der Waals surface area (Å²) < 4.78 is 24.6. The Labute approximate surface area is 198 Å². The number of pyridine rings is 1. The van der Waals surface area contributed by atoms with E-state index in [4.69, 9.17) is 0 Å². The zero-order valence-corrected chi connectivity index (χ0v) is 19.8. The van der Waals surface area contributed by atoms with Crippen molar-refractivity contribution in [2.75, 3.05) is 13.1 Å². The molecule has 1 aliphatic heterocycles. The van der Waals surface area contributed by atoms with Crippen molar-refractivity contribution in [1.82, 2.24) is 15.2 Å². The van der Waals surface area contributed by atoms with E-state index in [0.29, 0.717) is 24.9 Å². The number of benzene rings is 1. The number of hydrogen-bond donors (Lipinski definition) is 2. The first-order valence-electron chi connectivity index (χ1n) is 11.4. The van der Waals surface area contributed by atoms with Crippen LogP contribution in [0.3, 0.4) is 0 Å². The van der Waals surface area contributed by atoms with Crippen LogP contribution in [-0.2, 0) is 27.6 Å². The molecule has 2 N–H and O–H groups in total. The molecule has 2 amide bonds. The van der Waals surface area contributed by atoms with Crippen molar-refractivity contribution in [2.45, 2.75) is 44.0 Å². The maximum atomic E-state index is 13.1. The van der Waals surface area contributed by atoms with Gasteiger partial charge >= 0.3 is 0 Å². The maximum absolute atomic E-state index is 13.1. The van der Waals surface area contributed by atoms with Gasteiger partial charge in [-0.05, 0) is 48.4 Å². The molecule has 2 bridgehead atoms. The predicted molar refractivity (Wildman–Crippen MR) is 126 cm³/mol. The molecule has 8 nitrogen and oxygen atoms in total. The number of aromatic amines is 1. The van der Waals surface area contributed by atoms with Gasteiger partial charge in [-0.1, -0.05) is 31.2 Å². The van der Waals surface area contributed by atoms with Crippen LogP contribution in [0.25, 0.3) is 0 Å². The van der Waals surface area contributed by atoms with E-state index in [2.05, 4.69) is 17.2 Å². The van der Waals surface area contributed by atoms with E-state index in [0.717, 1.165) is 35.9 Å². The first-order valence-corrected chi connectivity index (χ1v) is 12.9. The lowest BCUT2D eigenvalue weighted by Crippen LogP contribution is -2.67. The summed E-state index contributed by atoms with van der Waals surface area (Å²) in [6, 6.07) is 9.53. The third-order valence-corrected chi connectivity index (χ3v) is 8.70. The van der Waals surface area contributed by atoms with Gasteiger partial charge in [0, 0.05) is 37.2 Å². The maximum Gasteiger partial charge on any atom is 0.261 e. The molecule has 4 aliphatic rings. The Bertz CT molecular complexity index is 1340. The molecule has 3 fully saturated rings. The van der Waals surface area contributed by atoms with Gasteiger partial charge in [0.15, 0.2) is 9.84 Å². The number of amides is 2. The van der Waals surface area contributed by atoms with Crippen molar-refractivity contribution in [3.63, 3.8) is 0 Å². The number of nitrogens with zero attached hydrogens (tertiary/aromatic N) is 1. The summed E-state index contributed by atoms with van der Waals surface area (Å²) in [7, 11) is -3.60. The van der Waals surface area contributed by atoms with E-state index in [9.17, 15) is 22.8 Å². The molecular weight excluding hydrogens is 454 g/mol. The molecular formula is C25H27N3O5S. The number of hydrogen-bond acceptors (Lipinski definition) is 5. The second-order valence-electron chi connectivity index (χ2n) is 10.1. The normalized spacial score (nSPS) is 25.3. The van der Waals surface area contributed by atoms with Crippen molar-refractivity contribution < 1.29 is 18.0 Å². The van der Waals surface area contributed by atoms with E-state index >= 15 is 0 Å². The number of carbonyl (C=O) groups excluding carboxylic acids is 2. The summed E-state index contributed by atoms with van der Waals surface area (Å²) in [6.07, 6.45) is 4.74. The average Bonchev–Trinajstić information content (AvgIpc) is 2.78. The van der Waals surface area contributed by atoms with Crippen LogP contribution in [0.4, 0.5) is 0 Å². The zero-order chi connectivity index (χ0) is 24.1. The quantitative estimate of drug-likeness (QED) is 0.656. The summed E-state index contributed by atoms with van der Waals surface area (Å²) in [5.41, 5.74) is 1.12. The molecule has 0 saturated heterocycles.